The standard InChI is InChI=1S/C57H35N3O/c1-2-17-37(18-3-1)49-35-50(59-56(58-49)38-19-14-20-39(34-38)60-51-29-11-7-22-41(51)42-23-8-12-30-52(42)60)44-25-15-28-47-54(44)43-24-6-9-26-45(43)57(47)46-27-10-13-31-53(46)61-55-40-21-5-4-16-36(40)32-33-48(55)57/h1-35H. The SMILES string of the molecule is c1ccc(-c2cc(-c3cccc4c3-c3ccccc3C43c4ccccc4Oc4c3ccc3ccccc43)nc(-c3cccc(-n4c5ccccc5c5ccccc54)c3)n2)cc1. The number of nitrogens with zero attached hydrogens (tertiary/aromatic N) is 3. The first kappa shape index (κ1) is 33.8. The number of aromatic nitrogens is 3. The van der Waals surface area contributed by atoms with Crippen LogP contribution in [0.3, 0.4) is 0 Å². The topological polar surface area (TPSA) is 39.9 Å². The number of para-hydroxylation sites is 3. The Hall–Kier alpha value is -8.08. The Morgan fingerprint density at radius 3 is 1.87 bits per heavy atom. The molecule has 0 amide bonds. The van der Waals surface area contributed by atoms with E-state index in [9.17, 15) is 0 Å². The number of fused-ring (bicyclic) bond motifs is 14. The monoisotopic (exact) mass is 777 g/mol. The van der Waals surface area contributed by atoms with Gasteiger partial charge in [-0.2, -0.15) is 0 Å². The first-order valence-corrected chi connectivity index (χ1v) is 20.8. The van der Waals surface area contributed by atoms with Gasteiger partial charge in [0, 0.05) is 49.7 Å². The van der Waals surface area contributed by atoms with Gasteiger partial charge in [-0.3, -0.25) is 0 Å². The van der Waals surface area contributed by atoms with Gasteiger partial charge in [0.05, 0.1) is 27.8 Å². The van der Waals surface area contributed by atoms with Gasteiger partial charge in [0.25, 0.3) is 0 Å². The highest BCUT2D eigenvalue weighted by Crippen LogP contribution is 2.64. The molecule has 0 N–H and O–H groups in total. The molecule has 1 atom stereocenters. The maximum atomic E-state index is 6.91. The predicted molar refractivity (Wildman–Crippen MR) is 248 cm³/mol. The molecule has 2 aromatic heterocycles. The summed E-state index contributed by atoms with van der Waals surface area (Å²) in [6, 6.07) is 75.8. The van der Waals surface area contributed by atoms with E-state index >= 15 is 0 Å². The summed E-state index contributed by atoms with van der Waals surface area (Å²) in [6.45, 7) is 0. The van der Waals surface area contributed by atoms with Gasteiger partial charge in [0.2, 0.25) is 0 Å². The predicted octanol–water partition coefficient (Wildman–Crippen LogP) is 14.2. The summed E-state index contributed by atoms with van der Waals surface area (Å²) in [5.74, 6) is 2.45. The molecule has 9 aromatic carbocycles. The quantitative estimate of drug-likeness (QED) is 0.179. The van der Waals surface area contributed by atoms with Gasteiger partial charge in [-0.05, 0) is 64.0 Å². The highest BCUT2D eigenvalue weighted by atomic mass is 16.5. The maximum absolute atomic E-state index is 6.91. The molecule has 3 heterocycles. The molecule has 4 heteroatoms. The summed E-state index contributed by atoms with van der Waals surface area (Å²) in [5.41, 5.74) is 14.7. The molecule has 0 saturated heterocycles. The van der Waals surface area contributed by atoms with Crippen LogP contribution in [0.15, 0.2) is 212 Å². The smallest absolute Gasteiger partial charge is 0.160 e. The number of rotatable bonds is 4. The maximum Gasteiger partial charge on any atom is 0.160 e. The molecule has 1 aliphatic heterocycles. The first-order valence-electron chi connectivity index (χ1n) is 20.8. The fourth-order valence-corrected chi connectivity index (χ4v) is 10.3. The lowest BCUT2D eigenvalue weighted by Crippen LogP contribution is -2.32. The summed E-state index contributed by atoms with van der Waals surface area (Å²) in [6.07, 6.45) is 0. The molecule has 4 nitrogen and oxygen atoms in total. The van der Waals surface area contributed by atoms with E-state index in [-0.39, 0.29) is 0 Å². The molecule has 0 radical (unpaired) electrons. The van der Waals surface area contributed by atoms with Crippen LogP contribution in [0.25, 0.3) is 83.3 Å². The van der Waals surface area contributed by atoms with E-state index in [1.54, 1.807) is 0 Å². The van der Waals surface area contributed by atoms with E-state index in [1.165, 1.54) is 33.0 Å². The number of ether oxygens (including phenoxy) is 1. The zero-order valence-electron chi connectivity index (χ0n) is 33.0. The number of hydrogen-bond donors (Lipinski definition) is 0. The minimum absolute atomic E-state index is 0.620. The van der Waals surface area contributed by atoms with Crippen molar-refractivity contribution in [3.63, 3.8) is 0 Å². The summed E-state index contributed by atoms with van der Waals surface area (Å²) in [5, 5.41) is 4.71. The van der Waals surface area contributed by atoms with Crippen LogP contribution in [-0.4, -0.2) is 14.5 Å². The van der Waals surface area contributed by atoms with Gasteiger partial charge in [-0.25, -0.2) is 9.97 Å². The Balaban J connectivity index is 1.06. The van der Waals surface area contributed by atoms with Gasteiger partial charge < -0.3 is 9.30 Å². The average molecular weight is 778 g/mol. The summed E-state index contributed by atoms with van der Waals surface area (Å²) in [4.78, 5) is 10.8. The molecule has 1 aliphatic carbocycles. The molecule has 13 rings (SSSR count). The van der Waals surface area contributed by atoms with Crippen LogP contribution in [0, 0.1) is 0 Å². The summed E-state index contributed by atoms with van der Waals surface area (Å²) < 4.78 is 9.26. The molecule has 0 saturated carbocycles. The third kappa shape index (κ3) is 4.82. The second-order valence-electron chi connectivity index (χ2n) is 16.0. The van der Waals surface area contributed by atoms with Gasteiger partial charge in [0.1, 0.15) is 11.5 Å². The normalized spacial score (nSPS) is 14.8. The lowest BCUT2D eigenvalue weighted by molar-refractivity contribution is 0.441. The molecule has 0 bridgehead atoms. The second-order valence-corrected chi connectivity index (χ2v) is 16.0. The molecule has 1 spiro atoms. The molecule has 1 unspecified atom stereocenters. The fraction of sp³-hybridized carbons (Fsp3) is 0.0175. The molecule has 284 valence electrons. The molecule has 11 aromatic rings. The van der Waals surface area contributed by atoms with E-state index in [0.29, 0.717) is 5.82 Å². The van der Waals surface area contributed by atoms with E-state index in [4.69, 9.17) is 14.7 Å². The van der Waals surface area contributed by atoms with Crippen LogP contribution >= 0.6 is 0 Å². The minimum atomic E-state index is -0.620. The highest BCUT2D eigenvalue weighted by molar-refractivity contribution is 6.09. The zero-order chi connectivity index (χ0) is 40.1. The van der Waals surface area contributed by atoms with Crippen LogP contribution in [0.4, 0.5) is 0 Å². The van der Waals surface area contributed by atoms with Crippen LogP contribution in [0.2, 0.25) is 0 Å². The van der Waals surface area contributed by atoms with Crippen molar-refractivity contribution < 1.29 is 4.74 Å². The van der Waals surface area contributed by atoms with Crippen molar-refractivity contribution in [1.82, 2.24) is 14.5 Å². The van der Waals surface area contributed by atoms with E-state index in [2.05, 4.69) is 217 Å². The first-order chi connectivity index (χ1) is 30.3. The van der Waals surface area contributed by atoms with Crippen LogP contribution in [-0.2, 0) is 5.41 Å². The number of hydrogen-bond acceptors (Lipinski definition) is 3. The van der Waals surface area contributed by atoms with Gasteiger partial charge in [0.15, 0.2) is 5.82 Å². The summed E-state index contributed by atoms with van der Waals surface area (Å²) in [7, 11) is 0. The van der Waals surface area contributed by atoms with E-state index in [0.717, 1.165) is 78.2 Å². The third-order valence-corrected chi connectivity index (χ3v) is 12.9. The average Bonchev–Trinajstić information content (AvgIpc) is 3.83. The molecule has 0 fully saturated rings. The van der Waals surface area contributed by atoms with Crippen molar-refractivity contribution in [3.05, 3.63) is 235 Å². The van der Waals surface area contributed by atoms with Gasteiger partial charge in [-0.1, -0.05) is 176 Å². The van der Waals surface area contributed by atoms with E-state index in [1.807, 2.05) is 0 Å². The third-order valence-electron chi connectivity index (χ3n) is 12.9. The van der Waals surface area contributed by atoms with Crippen LogP contribution < -0.4 is 4.74 Å². The lowest BCUT2D eigenvalue weighted by atomic mass is 9.65. The molecular formula is C57H35N3O. The Kier molecular flexibility index (Phi) is 7.19. The Labute approximate surface area is 352 Å². The van der Waals surface area contributed by atoms with Crippen LogP contribution in [0.1, 0.15) is 22.3 Å². The lowest BCUT2D eigenvalue weighted by Gasteiger charge is -2.39. The van der Waals surface area contributed by atoms with Crippen LogP contribution in [0.5, 0.6) is 11.5 Å². The van der Waals surface area contributed by atoms with Crippen molar-refractivity contribution in [2.75, 3.05) is 0 Å². The minimum Gasteiger partial charge on any atom is -0.456 e. The highest BCUT2D eigenvalue weighted by Gasteiger charge is 2.52. The Morgan fingerprint density at radius 2 is 1.03 bits per heavy atom. The molecule has 61 heavy (non-hydrogen) atoms. The Bertz CT molecular complexity index is 3530. The second kappa shape index (κ2) is 13.0. The zero-order valence-corrected chi connectivity index (χ0v) is 33.0. The molecular weight excluding hydrogens is 743 g/mol. The summed E-state index contributed by atoms with van der Waals surface area (Å²) >= 11 is 0. The largest absolute Gasteiger partial charge is 0.456 e. The number of benzene rings is 9. The van der Waals surface area contributed by atoms with Crippen molar-refractivity contribution in [2.45, 2.75) is 5.41 Å². The van der Waals surface area contributed by atoms with Gasteiger partial charge in [-0.15, -0.1) is 0 Å². The van der Waals surface area contributed by atoms with Gasteiger partial charge >= 0.3 is 0 Å². The van der Waals surface area contributed by atoms with E-state index < -0.39 is 5.41 Å². The fourth-order valence-electron chi connectivity index (χ4n) is 10.3. The van der Waals surface area contributed by atoms with Crippen molar-refractivity contribution in [2.24, 2.45) is 0 Å². The Morgan fingerprint density at radius 1 is 0.410 bits per heavy atom. The molecule has 2 aliphatic rings. The van der Waals surface area contributed by atoms with Crippen molar-refractivity contribution >= 4 is 32.6 Å². The van der Waals surface area contributed by atoms with Crippen molar-refractivity contribution in [1.29, 1.82) is 0 Å². The van der Waals surface area contributed by atoms with Crippen molar-refractivity contribution in [3.8, 4) is 62.2 Å².